The SMILES string of the molecule is C=CCN1CC2CCCC(C1)N2C(C1=CCC(C(=O)N(CC)CC)C=C1)c1cccc(CC)c1. The van der Waals surface area contributed by atoms with Gasteiger partial charge in [-0.3, -0.25) is 14.6 Å². The smallest absolute Gasteiger partial charge is 0.229 e. The highest BCUT2D eigenvalue weighted by molar-refractivity contribution is 5.81. The first-order valence-electron chi connectivity index (χ1n) is 13.5. The third kappa shape index (κ3) is 5.23. The molecule has 4 nitrogen and oxygen atoms in total. The number of hydrogen-bond acceptors (Lipinski definition) is 3. The molecule has 2 saturated heterocycles. The van der Waals surface area contributed by atoms with E-state index in [-0.39, 0.29) is 17.9 Å². The highest BCUT2D eigenvalue weighted by Gasteiger charge is 2.42. The van der Waals surface area contributed by atoms with E-state index in [1.54, 1.807) is 0 Å². The number of likely N-dealkylation sites (tertiary alicyclic amines) is 1. The van der Waals surface area contributed by atoms with E-state index in [2.05, 4.69) is 79.6 Å². The van der Waals surface area contributed by atoms with Crippen LogP contribution in [0.4, 0.5) is 0 Å². The van der Waals surface area contributed by atoms with E-state index in [1.165, 1.54) is 36.0 Å². The average molecular weight is 462 g/mol. The number of fused-ring (bicyclic) bond motifs is 2. The van der Waals surface area contributed by atoms with Gasteiger partial charge in [-0.1, -0.05) is 61.9 Å². The number of nitrogens with zero attached hydrogens (tertiary/aromatic N) is 3. The Morgan fingerprint density at radius 2 is 1.91 bits per heavy atom. The number of hydrogen-bond donors (Lipinski definition) is 0. The molecule has 1 aliphatic carbocycles. The van der Waals surface area contributed by atoms with Crippen LogP contribution in [0.3, 0.4) is 0 Å². The summed E-state index contributed by atoms with van der Waals surface area (Å²) in [6.45, 7) is 15.1. The van der Waals surface area contributed by atoms with E-state index in [0.29, 0.717) is 12.1 Å². The predicted octanol–water partition coefficient (Wildman–Crippen LogP) is 5.39. The van der Waals surface area contributed by atoms with Gasteiger partial charge in [-0.15, -0.1) is 6.58 Å². The van der Waals surface area contributed by atoms with E-state index in [4.69, 9.17) is 0 Å². The maximum Gasteiger partial charge on any atom is 0.229 e. The molecule has 34 heavy (non-hydrogen) atoms. The second kappa shape index (κ2) is 11.5. The molecule has 0 N–H and O–H groups in total. The summed E-state index contributed by atoms with van der Waals surface area (Å²) in [6, 6.07) is 10.6. The Hall–Kier alpha value is -2.17. The van der Waals surface area contributed by atoms with Crippen LogP contribution in [0, 0.1) is 5.92 Å². The zero-order chi connectivity index (χ0) is 24.1. The van der Waals surface area contributed by atoms with Crippen molar-refractivity contribution in [2.24, 2.45) is 5.92 Å². The van der Waals surface area contributed by atoms with Crippen LogP contribution in [0.2, 0.25) is 0 Å². The van der Waals surface area contributed by atoms with Gasteiger partial charge in [0, 0.05) is 44.8 Å². The summed E-state index contributed by atoms with van der Waals surface area (Å²) in [5.41, 5.74) is 4.16. The first-order chi connectivity index (χ1) is 16.6. The summed E-state index contributed by atoms with van der Waals surface area (Å²) >= 11 is 0. The fourth-order valence-corrected chi connectivity index (χ4v) is 6.29. The number of amides is 1. The molecule has 2 heterocycles. The quantitative estimate of drug-likeness (QED) is 0.462. The van der Waals surface area contributed by atoms with Crippen molar-refractivity contribution >= 4 is 5.91 Å². The van der Waals surface area contributed by atoms with Gasteiger partial charge >= 0.3 is 0 Å². The van der Waals surface area contributed by atoms with Gasteiger partial charge in [0.25, 0.3) is 0 Å². The first kappa shape index (κ1) is 24.9. The molecule has 0 spiro atoms. The molecule has 1 aromatic rings. The standard InChI is InChI=1S/C30H43N3O/c1-5-19-31-21-27-13-10-14-28(22-31)33(27)29(26-12-9-11-23(6-2)20-26)24-15-17-25(18-16-24)30(34)32(7-3)8-4/h5,9,11-12,15-17,20,25,27-29H,1,6-8,10,13-14,18-19,21-22H2,2-4H3. The Balaban J connectivity index is 1.65. The number of piperazine rings is 1. The Morgan fingerprint density at radius 1 is 1.18 bits per heavy atom. The lowest BCUT2D eigenvalue weighted by molar-refractivity contribution is -0.133. The van der Waals surface area contributed by atoms with E-state index in [1.807, 2.05) is 11.0 Å². The molecule has 1 amide bonds. The predicted molar refractivity (Wildman–Crippen MR) is 142 cm³/mol. The summed E-state index contributed by atoms with van der Waals surface area (Å²) in [5.74, 6) is 0.228. The third-order valence-electron chi connectivity index (χ3n) is 8.05. The van der Waals surface area contributed by atoms with Crippen LogP contribution in [0.1, 0.15) is 63.6 Å². The summed E-state index contributed by atoms with van der Waals surface area (Å²) in [6.07, 6.45) is 14.6. The highest BCUT2D eigenvalue weighted by Crippen LogP contribution is 2.41. The molecule has 1 aromatic carbocycles. The van der Waals surface area contributed by atoms with E-state index in [9.17, 15) is 4.79 Å². The van der Waals surface area contributed by atoms with Crippen LogP contribution in [0.5, 0.6) is 0 Å². The number of allylic oxidation sites excluding steroid dienone is 1. The molecule has 2 bridgehead atoms. The summed E-state index contributed by atoms with van der Waals surface area (Å²) in [7, 11) is 0. The minimum atomic E-state index is -0.0322. The van der Waals surface area contributed by atoms with Crippen LogP contribution in [0.15, 0.2) is 60.7 Å². The zero-order valence-electron chi connectivity index (χ0n) is 21.5. The number of carbonyl (C=O) groups excluding carboxylic acids is 1. The van der Waals surface area contributed by atoms with Crippen LogP contribution < -0.4 is 0 Å². The van der Waals surface area contributed by atoms with Gasteiger partial charge in [0.15, 0.2) is 0 Å². The second-order valence-corrected chi connectivity index (χ2v) is 10.1. The lowest BCUT2D eigenvalue weighted by Crippen LogP contribution is -2.61. The summed E-state index contributed by atoms with van der Waals surface area (Å²) in [5, 5.41) is 0. The van der Waals surface area contributed by atoms with Crippen molar-refractivity contribution in [3.63, 3.8) is 0 Å². The number of benzene rings is 1. The van der Waals surface area contributed by atoms with Gasteiger partial charge in [-0.2, -0.15) is 0 Å². The average Bonchev–Trinajstić information content (AvgIpc) is 2.86. The van der Waals surface area contributed by atoms with Crippen LogP contribution in [-0.2, 0) is 11.2 Å². The van der Waals surface area contributed by atoms with Crippen molar-refractivity contribution in [1.29, 1.82) is 0 Å². The minimum Gasteiger partial charge on any atom is -0.343 e. The maximum atomic E-state index is 13.0. The fourth-order valence-electron chi connectivity index (χ4n) is 6.29. The highest BCUT2D eigenvalue weighted by atomic mass is 16.2. The molecule has 2 fully saturated rings. The van der Waals surface area contributed by atoms with Crippen LogP contribution in [0.25, 0.3) is 0 Å². The largest absolute Gasteiger partial charge is 0.343 e. The van der Waals surface area contributed by atoms with Gasteiger partial charge in [-0.25, -0.2) is 0 Å². The Morgan fingerprint density at radius 3 is 2.50 bits per heavy atom. The Labute approximate surface area is 207 Å². The van der Waals surface area contributed by atoms with Gasteiger partial charge < -0.3 is 4.90 Å². The number of aryl methyl sites for hydroxylation is 1. The molecule has 184 valence electrons. The monoisotopic (exact) mass is 461 g/mol. The van der Waals surface area contributed by atoms with Gasteiger partial charge in [0.2, 0.25) is 5.91 Å². The minimum absolute atomic E-state index is 0.0322. The Kier molecular flexibility index (Phi) is 8.44. The molecule has 0 radical (unpaired) electrons. The third-order valence-corrected chi connectivity index (χ3v) is 8.05. The van der Waals surface area contributed by atoms with E-state index < -0.39 is 0 Å². The zero-order valence-corrected chi connectivity index (χ0v) is 21.5. The van der Waals surface area contributed by atoms with Crippen molar-refractivity contribution < 1.29 is 4.79 Å². The second-order valence-electron chi connectivity index (χ2n) is 10.1. The lowest BCUT2D eigenvalue weighted by Gasteiger charge is -2.53. The van der Waals surface area contributed by atoms with Crippen LogP contribution in [-0.4, -0.2) is 65.4 Å². The summed E-state index contributed by atoms with van der Waals surface area (Å²) < 4.78 is 0. The molecule has 2 aliphatic heterocycles. The fraction of sp³-hybridized carbons (Fsp3) is 0.567. The van der Waals surface area contributed by atoms with Gasteiger partial charge in [0.1, 0.15) is 0 Å². The molecule has 4 rings (SSSR count). The van der Waals surface area contributed by atoms with Gasteiger partial charge in [-0.05, 0) is 56.2 Å². The van der Waals surface area contributed by atoms with Crippen molar-refractivity contribution in [3.8, 4) is 0 Å². The molecule has 4 atom stereocenters. The van der Waals surface area contributed by atoms with Crippen molar-refractivity contribution in [1.82, 2.24) is 14.7 Å². The maximum absolute atomic E-state index is 13.0. The molecule has 0 saturated carbocycles. The van der Waals surface area contributed by atoms with E-state index in [0.717, 1.165) is 45.6 Å². The molecular weight excluding hydrogens is 418 g/mol. The van der Waals surface area contributed by atoms with Gasteiger partial charge in [0.05, 0.1) is 12.0 Å². The molecule has 4 heteroatoms. The topological polar surface area (TPSA) is 26.8 Å². The molecule has 4 unspecified atom stereocenters. The summed E-state index contributed by atoms with van der Waals surface area (Å²) in [4.78, 5) is 20.3. The lowest BCUT2D eigenvalue weighted by atomic mass is 9.82. The molecular formula is C30H43N3O. The van der Waals surface area contributed by atoms with Crippen LogP contribution >= 0.6 is 0 Å². The normalized spacial score (nSPS) is 26.1. The number of rotatable bonds is 9. The first-order valence-corrected chi connectivity index (χ1v) is 13.5. The molecule has 0 aromatic heterocycles. The molecule has 3 aliphatic rings. The van der Waals surface area contributed by atoms with Crippen molar-refractivity contribution in [3.05, 3.63) is 71.8 Å². The van der Waals surface area contributed by atoms with Crippen molar-refractivity contribution in [2.45, 2.75) is 71.0 Å². The van der Waals surface area contributed by atoms with Crippen molar-refractivity contribution in [2.75, 3.05) is 32.7 Å². The van der Waals surface area contributed by atoms with E-state index >= 15 is 0 Å². The number of carbonyl (C=O) groups is 1. The Bertz CT molecular complexity index is 901. The number of piperidine rings is 1.